The van der Waals surface area contributed by atoms with Crippen LogP contribution < -0.4 is 15.2 Å². The lowest BCUT2D eigenvalue weighted by molar-refractivity contribution is 0.0695. The van der Waals surface area contributed by atoms with Crippen molar-refractivity contribution >= 4 is 22.6 Å². The van der Waals surface area contributed by atoms with Crippen LogP contribution in [0.3, 0.4) is 0 Å². The highest BCUT2D eigenvalue weighted by molar-refractivity contribution is 5.94. The monoisotopic (exact) mass is 382 g/mol. The third kappa shape index (κ3) is 2.98. The molecule has 0 amide bonds. The van der Waals surface area contributed by atoms with E-state index in [0.717, 1.165) is 26.2 Å². The number of hydrogen-bond donors (Lipinski definition) is 2. The maximum atomic E-state index is 15.1. The summed E-state index contributed by atoms with van der Waals surface area (Å²) in [4.78, 5) is 24.3. The minimum atomic E-state index is -1.33. The number of quaternary nitrogens is 1. The van der Waals surface area contributed by atoms with Gasteiger partial charge in [0.15, 0.2) is 11.5 Å². The van der Waals surface area contributed by atoms with Crippen molar-refractivity contribution in [2.75, 3.05) is 33.2 Å². The van der Waals surface area contributed by atoms with Gasteiger partial charge in [-0.2, -0.15) is 0 Å². The number of aromatic carboxylic acids is 1. The lowest BCUT2D eigenvalue weighted by atomic mass is 10.1. The Hall–Kier alpha value is -3.03. The number of pyridine rings is 1. The molecule has 0 spiro atoms. The number of hydrogen-bond acceptors (Lipinski definition) is 3. The number of carbonyl (C=O) groups is 1. The van der Waals surface area contributed by atoms with Crippen LogP contribution in [0.4, 0.5) is 10.1 Å². The van der Waals surface area contributed by atoms with Crippen LogP contribution in [0, 0.1) is 5.82 Å². The number of rotatable bonds is 3. The van der Waals surface area contributed by atoms with Gasteiger partial charge in [-0.15, -0.1) is 0 Å². The van der Waals surface area contributed by atoms with E-state index in [1.54, 1.807) is 10.6 Å². The lowest BCUT2D eigenvalue weighted by Gasteiger charge is -2.37. The van der Waals surface area contributed by atoms with Gasteiger partial charge in [0, 0.05) is 31.0 Å². The molecule has 2 N–H and O–H groups in total. The van der Waals surface area contributed by atoms with Crippen LogP contribution in [-0.4, -0.2) is 48.9 Å². The molecule has 7 heteroatoms. The molecule has 1 aliphatic rings. The summed E-state index contributed by atoms with van der Waals surface area (Å²) >= 11 is 0. The molecule has 4 rings (SSSR count). The number of fused-ring (bicyclic) bond motifs is 1. The van der Waals surface area contributed by atoms with E-state index in [9.17, 15) is 14.7 Å². The van der Waals surface area contributed by atoms with Crippen molar-refractivity contribution in [2.45, 2.75) is 0 Å². The van der Waals surface area contributed by atoms with Crippen molar-refractivity contribution in [1.29, 1.82) is 0 Å². The number of nitrogens with one attached hydrogen (secondary N) is 1. The molecule has 2 aromatic carbocycles. The minimum Gasteiger partial charge on any atom is -0.477 e. The summed E-state index contributed by atoms with van der Waals surface area (Å²) in [5.41, 5.74) is 0.640. The highest BCUT2D eigenvalue weighted by Gasteiger charge is 2.32. The predicted molar refractivity (Wildman–Crippen MR) is 107 cm³/mol. The van der Waals surface area contributed by atoms with Crippen LogP contribution in [0.15, 0.2) is 53.5 Å². The van der Waals surface area contributed by atoms with Gasteiger partial charge in [0.1, 0.15) is 5.56 Å². The summed E-state index contributed by atoms with van der Waals surface area (Å²) in [5, 5.41) is 12.8. The smallest absolute Gasteiger partial charge is 0.341 e. The van der Waals surface area contributed by atoms with Gasteiger partial charge < -0.3 is 15.0 Å². The molecule has 0 bridgehead atoms. The number of nitrogens with zero attached hydrogens (tertiary/aromatic N) is 2. The third-order valence-electron chi connectivity index (χ3n) is 5.48. The van der Waals surface area contributed by atoms with Crippen LogP contribution in [0.25, 0.3) is 16.6 Å². The predicted octanol–water partition coefficient (Wildman–Crippen LogP) is 2.37. The second-order valence-electron chi connectivity index (χ2n) is 7.30. The number of halogens is 1. The van der Waals surface area contributed by atoms with Gasteiger partial charge in [0.2, 0.25) is 5.43 Å². The molecule has 0 saturated carbocycles. The third-order valence-corrected chi connectivity index (χ3v) is 5.48. The number of piperazine rings is 1. The maximum absolute atomic E-state index is 15.1. The summed E-state index contributed by atoms with van der Waals surface area (Å²) in [6.45, 7) is 3.01. The molecule has 1 aliphatic heterocycles. The Labute approximate surface area is 161 Å². The highest BCUT2D eigenvalue weighted by Crippen LogP contribution is 2.30. The first-order valence-electron chi connectivity index (χ1n) is 9.14. The number of carboxylic acid groups (broad SMARTS) is 1. The zero-order chi connectivity index (χ0) is 19.9. The summed E-state index contributed by atoms with van der Waals surface area (Å²) in [7, 11) is 1.97. The first kappa shape index (κ1) is 18.3. The summed E-state index contributed by atoms with van der Waals surface area (Å²) in [6.07, 6.45) is 1.32. The van der Waals surface area contributed by atoms with Gasteiger partial charge >= 0.3 is 5.97 Å². The van der Waals surface area contributed by atoms with Crippen molar-refractivity contribution in [3.05, 3.63) is 70.3 Å². The van der Waals surface area contributed by atoms with Crippen molar-refractivity contribution in [2.24, 2.45) is 0 Å². The standard InChI is InChI=1S/C21H20FN3O3/c1-25(9-7-23-8-10-25)19-12-18-15(11-17(19)22)20(26)16(21(27)28)13-24(18)14-5-3-2-4-6-14/h2-6,11-13,23H,7-10H2,1H3/p+1. The van der Waals surface area contributed by atoms with E-state index in [4.69, 9.17) is 0 Å². The van der Waals surface area contributed by atoms with Crippen molar-refractivity contribution in [3.8, 4) is 5.69 Å². The molecular formula is C21H21FN3O3+. The fraction of sp³-hybridized carbons (Fsp3) is 0.238. The van der Waals surface area contributed by atoms with Crippen molar-refractivity contribution < 1.29 is 14.3 Å². The average molecular weight is 382 g/mol. The Morgan fingerprint density at radius 3 is 2.50 bits per heavy atom. The first-order valence-corrected chi connectivity index (χ1v) is 9.14. The van der Waals surface area contributed by atoms with Crippen LogP contribution in [0.5, 0.6) is 0 Å². The van der Waals surface area contributed by atoms with Crippen LogP contribution in [-0.2, 0) is 0 Å². The largest absolute Gasteiger partial charge is 0.477 e. The van der Waals surface area contributed by atoms with E-state index >= 15 is 4.39 Å². The highest BCUT2D eigenvalue weighted by atomic mass is 19.1. The zero-order valence-electron chi connectivity index (χ0n) is 15.5. The van der Waals surface area contributed by atoms with Gasteiger partial charge in [0.25, 0.3) is 0 Å². The molecule has 144 valence electrons. The number of benzene rings is 2. The second-order valence-corrected chi connectivity index (χ2v) is 7.30. The normalized spacial score (nSPS) is 16.2. The van der Waals surface area contributed by atoms with Gasteiger partial charge in [-0.05, 0) is 18.2 Å². The number of aromatic nitrogens is 1. The zero-order valence-corrected chi connectivity index (χ0v) is 15.5. The Kier molecular flexibility index (Phi) is 4.49. The SMILES string of the molecule is C[N+]1(c2cc3c(cc2F)c(=O)c(C(=O)O)cn3-c2ccccc2)CCNCC1. The van der Waals surface area contributed by atoms with E-state index in [-0.39, 0.29) is 10.9 Å². The molecule has 1 fully saturated rings. The molecule has 2 heterocycles. The topological polar surface area (TPSA) is 71.3 Å². The Morgan fingerprint density at radius 1 is 1.18 bits per heavy atom. The average Bonchev–Trinajstić information content (AvgIpc) is 2.69. The van der Waals surface area contributed by atoms with Gasteiger partial charge in [-0.1, -0.05) is 18.2 Å². The van der Waals surface area contributed by atoms with E-state index in [2.05, 4.69) is 5.32 Å². The van der Waals surface area contributed by atoms with Crippen molar-refractivity contribution in [3.63, 3.8) is 0 Å². The summed E-state index contributed by atoms with van der Waals surface area (Å²) in [6, 6.07) is 12.0. The molecule has 0 aliphatic carbocycles. The Balaban J connectivity index is 2.06. The molecule has 3 aromatic rings. The second kappa shape index (κ2) is 6.85. The first-order chi connectivity index (χ1) is 13.4. The molecule has 0 atom stereocenters. The number of carboxylic acids is 1. The minimum absolute atomic E-state index is 0.0618. The molecule has 1 saturated heterocycles. The fourth-order valence-electron chi connectivity index (χ4n) is 3.83. The van der Waals surface area contributed by atoms with Crippen LogP contribution in [0.1, 0.15) is 10.4 Å². The molecule has 1 aromatic heterocycles. The van der Waals surface area contributed by atoms with Crippen LogP contribution >= 0.6 is 0 Å². The molecule has 6 nitrogen and oxygen atoms in total. The Bertz CT molecular complexity index is 1120. The van der Waals surface area contributed by atoms with Crippen molar-refractivity contribution in [1.82, 2.24) is 14.4 Å². The lowest BCUT2D eigenvalue weighted by Crippen LogP contribution is -2.57. The van der Waals surface area contributed by atoms with Gasteiger partial charge in [-0.3, -0.25) is 9.28 Å². The maximum Gasteiger partial charge on any atom is 0.341 e. The number of likely N-dealkylation sites (N-methyl/N-ethyl adjacent to an activating group) is 1. The Morgan fingerprint density at radius 2 is 1.86 bits per heavy atom. The molecule has 0 radical (unpaired) electrons. The van der Waals surface area contributed by atoms with E-state index in [0.29, 0.717) is 21.4 Å². The summed E-state index contributed by atoms with van der Waals surface area (Å²) in [5.74, 6) is -1.82. The molecular weight excluding hydrogens is 361 g/mol. The van der Waals surface area contributed by atoms with Gasteiger partial charge in [-0.25, -0.2) is 9.18 Å². The van der Waals surface area contributed by atoms with E-state index < -0.39 is 17.2 Å². The van der Waals surface area contributed by atoms with E-state index in [1.165, 1.54) is 12.3 Å². The molecule has 28 heavy (non-hydrogen) atoms. The van der Waals surface area contributed by atoms with Crippen LogP contribution in [0.2, 0.25) is 0 Å². The van der Waals surface area contributed by atoms with E-state index in [1.807, 2.05) is 37.4 Å². The summed E-state index contributed by atoms with van der Waals surface area (Å²) < 4.78 is 17.1. The molecule has 0 unspecified atom stereocenters. The fourth-order valence-corrected chi connectivity index (χ4v) is 3.83. The number of para-hydroxylation sites is 1. The van der Waals surface area contributed by atoms with Gasteiger partial charge in [0.05, 0.1) is 31.0 Å². The quantitative estimate of drug-likeness (QED) is 0.683.